The van der Waals surface area contributed by atoms with E-state index in [-0.39, 0.29) is 18.0 Å². The van der Waals surface area contributed by atoms with E-state index in [2.05, 4.69) is 43.1 Å². The maximum absolute atomic E-state index is 12.2. The molecular formula is C17H27N3O. The first kappa shape index (κ1) is 15.8. The monoisotopic (exact) mass is 289 g/mol. The quantitative estimate of drug-likeness (QED) is 0.895. The van der Waals surface area contributed by atoms with Gasteiger partial charge in [0.1, 0.15) is 0 Å². The van der Waals surface area contributed by atoms with Crippen LogP contribution >= 0.6 is 0 Å². The first-order valence-electron chi connectivity index (χ1n) is 7.88. The third kappa shape index (κ3) is 3.97. The van der Waals surface area contributed by atoms with E-state index in [1.807, 2.05) is 12.1 Å². The van der Waals surface area contributed by atoms with Crippen molar-refractivity contribution in [1.82, 2.24) is 5.32 Å². The lowest BCUT2D eigenvalue weighted by molar-refractivity contribution is -0.120. The maximum atomic E-state index is 12.2. The molecule has 4 nitrogen and oxygen atoms in total. The Morgan fingerprint density at radius 1 is 1.38 bits per heavy atom. The molecule has 1 aromatic carbocycles. The fourth-order valence-corrected chi connectivity index (χ4v) is 2.67. The summed E-state index contributed by atoms with van der Waals surface area (Å²) in [5, 5.41) is 3.08. The molecule has 0 fully saturated rings. The highest BCUT2D eigenvalue weighted by atomic mass is 16.2. The highest BCUT2D eigenvalue weighted by molar-refractivity contribution is 5.82. The molecule has 0 radical (unpaired) electrons. The topological polar surface area (TPSA) is 58.4 Å². The van der Waals surface area contributed by atoms with Crippen LogP contribution in [0.5, 0.6) is 0 Å². The van der Waals surface area contributed by atoms with Crippen molar-refractivity contribution in [3.05, 3.63) is 29.8 Å². The van der Waals surface area contributed by atoms with Gasteiger partial charge in [-0.3, -0.25) is 4.79 Å². The molecule has 0 spiro atoms. The van der Waals surface area contributed by atoms with Gasteiger partial charge in [-0.15, -0.1) is 0 Å². The molecule has 1 amide bonds. The number of hydrogen-bond donors (Lipinski definition) is 2. The van der Waals surface area contributed by atoms with E-state index >= 15 is 0 Å². The minimum absolute atomic E-state index is 0.0730. The molecule has 2 atom stereocenters. The lowest BCUT2D eigenvalue weighted by atomic mass is 10.0. The second-order valence-electron chi connectivity index (χ2n) is 6.33. The van der Waals surface area contributed by atoms with Gasteiger partial charge in [0.15, 0.2) is 0 Å². The van der Waals surface area contributed by atoms with Gasteiger partial charge in [-0.2, -0.15) is 0 Å². The number of benzene rings is 1. The molecule has 0 saturated carbocycles. The fourth-order valence-electron chi connectivity index (χ4n) is 2.67. The van der Waals surface area contributed by atoms with Crippen molar-refractivity contribution < 1.29 is 4.79 Å². The normalized spacial score (nSPS) is 19.9. The van der Waals surface area contributed by atoms with E-state index in [1.165, 1.54) is 0 Å². The van der Waals surface area contributed by atoms with Crippen molar-refractivity contribution >= 4 is 11.6 Å². The van der Waals surface area contributed by atoms with Crippen LogP contribution in [0.2, 0.25) is 0 Å². The van der Waals surface area contributed by atoms with Crippen LogP contribution in [-0.2, 0) is 4.79 Å². The van der Waals surface area contributed by atoms with Crippen molar-refractivity contribution in [3.8, 4) is 0 Å². The summed E-state index contributed by atoms with van der Waals surface area (Å²) >= 11 is 0. The summed E-state index contributed by atoms with van der Waals surface area (Å²) in [6.07, 6.45) is 1.99. The summed E-state index contributed by atoms with van der Waals surface area (Å²) in [5.74, 6) is 0.528. The summed E-state index contributed by atoms with van der Waals surface area (Å²) in [7, 11) is 0. The van der Waals surface area contributed by atoms with E-state index in [1.54, 1.807) is 0 Å². The first-order valence-corrected chi connectivity index (χ1v) is 7.88. The largest absolute Gasteiger partial charge is 0.362 e. The van der Waals surface area contributed by atoms with Crippen molar-refractivity contribution in [3.63, 3.8) is 0 Å². The van der Waals surface area contributed by atoms with Gasteiger partial charge in [-0.05, 0) is 37.3 Å². The average molecular weight is 289 g/mol. The summed E-state index contributed by atoms with van der Waals surface area (Å²) in [6.45, 7) is 7.57. The minimum Gasteiger partial charge on any atom is -0.362 e. The van der Waals surface area contributed by atoms with Crippen molar-refractivity contribution in [2.24, 2.45) is 11.7 Å². The Hall–Kier alpha value is -1.55. The van der Waals surface area contributed by atoms with Crippen LogP contribution in [0.15, 0.2) is 24.3 Å². The van der Waals surface area contributed by atoms with Gasteiger partial charge < -0.3 is 16.0 Å². The van der Waals surface area contributed by atoms with Gasteiger partial charge in [0.05, 0.1) is 6.54 Å². The van der Waals surface area contributed by atoms with Crippen LogP contribution in [0, 0.1) is 5.92 Å². The van der Waals surface area contributed by atoms with Crippen molar-refractivity contribution in [2.45, 2.75) is 45.7 Å². The minimum atomic E-state index is 0.0730. The smallest absolute Gasteiger partial charge is 0.239 e. The molecule has 0 bridgehead atoms. The third-order valence-corrected chi connectivity index (χ3v) is 4.34. The summed E-state index contributed by atoms with van der Waals surface area (Å²) in [5.41, 5.74) is 8.49. The highest BCUT2D eigenvalue weighted by Gasteiger charge is 2.22. The number of nitrogens with one attached hydrogen (secondary N) is 1. The molecule has 0 aliphatic carbocycles. The number of carbonyl (C=O) groups excluding carboxylic acids is 1. The zero-order chi connectivity index (χ0) is 15.4. The Labute approximate surface area is 127 Å². The second-order valence-corrected chi connectivity index (χ2v) is 6.33. The molecule has 21 heavy (non-hydrogen) atoms. The molecule has 1 aliphatic rings. The lowest BCUT2D eigenvalue weighted by Gasteiger charge is -2.26. The number of para-hydroxylation sites is 1. The Balaban J connectivity index is 2.09. The zero-order valence-electron chi connectivity index (χ0n) is 13.3. The van der Waals surface area contributed by atoms with Crippen LogP contribution in [0.1, 0.15) is 45.2 Å². The van der Waals surface area contributed by atoms with Gasteiger partial charge >= 0.3 is 0 Å². The molecule has 2 rings (SSSR count). The number of nitrogens with zero attached hydrogens (tertiary/aromatic N) is 1. The average Bonchev–Trinajstić information content (AvgIpc) is 2.59. The summed E-state index contributed by atoms with van der Waals surface area (Å²) < 4.78 is 0. The molecule has 0 aromatic heterocycles. The third-order valence-electron chi connectivity index (χ3n) is 4.34. The molecule has 3 N–H and O–H groups in total. The number of amides is 1. The summed E-state index contributed by atoms with van der Waals surface area (Å²) in [4.78, 5) is 14.4. The Bertz CT molecular complexity index is 487. The predicted molar refractivity (Wildman–Crippen MR) is 87.3 cm³/mol. The molecule has 1 aliphatic heterocycles. The number of hydrogen-bond acceptors (Lipinski definition) is 3. The molecular weight excluding hydrogens is 262 g/mol. The Kier molecular flexibility index (Phi) is 5.23. The molecule has 0 saturated heterocycles. The standard InChI is InChI=1S/C17H27N3O/c1-12(2)13(3)19-17(21)11-20-10-6-8-15(18)14-7-4-5-9-16(14)20/h4-5,7,9,12-13,15H,6,8,10-11,18H2,1-3H3,(H,19,21). The van der Waals surface area contributed by atoms with E-state index in [0.717, 1.165) is 30.6 Å². The predicted octanol–water partition coefficient (Wildman–Crippen LogP) is 2.45. The maximum Gasteiger partial charge on any atom is 0.239 e. The molecule has 1 aromatic rings. The fraction of sp³-hybridized carbons (Fsp3) is 0.588. The van der Waals surface area contributed by atoms with Crippen LogP contribution < -0.4 is 16.0 Å². The van der Waals surface area contributed by atoms with Gasteiger partial charge in [0.2, 0.25) is 5.91 Å². The van der Waals surface area contributed by atoms with E-state index in [0.29, 0.717) is 12.5 Å². The van der Waals surface area contributed by atoms with Gasteiger partial charge in [-0.25, -0.2) is 0 Å². The Morgan fingerprint density at radius 2 is 2.10 bits per heavy atom. The second kappa shape index (κ2) is 6.94. The highest BCUT2D eigenvalue weighted by Crippen LogP contribution is 2.30. The zero-order valence-corrected chi connectivity index (χ0v) is 13.3. The lowest BCUT2D eigenvalue weighted by Crippen LogP contribution is -2.43. The van der Waals surface area contributed by atoms with E-state index in [4.69, 9.17) is 5.73 Å². The van der Waals surface area contributed by atoms with E-state index < -0.39 is 0 Å². The van der Waals surface area contributed by atoms with Gasteiger partial charge in [-0.1, -0.05) is 32.0 Å². The van der Waals surface area contributed by atoms with Gasteiger partial charge in [0, 0.05) is 24.3 Å². The first-order chi connectivity index (χ1) is 9.99. The molecule has 116 valence electrons. The molecule has 4 heteroatoms. The van der Waals surface area contributed by atoms with Crippen LogP contribution in [0.4, 0.5) is 5.69 Å². The van der Waals surface area contributed by atoms with Gasteiger partial charge in [0.25, 0.3) is 0 Å². The van der Waals surface area contributed by atoms with Crippen molar-refractivity contribution in [2.75, 3.05) is 18.0 Å². The van der Waals surface area contributed by atoms with Crippen molar-refractivity contribution in [1.29, 1.82) is 0 Å². The SMILES string of the molecule is CC(C)C(C)NC(=O)CN1CCCC(N)c2ccccc21. The number of nitrogens with two attached hydrogens (primary N) is 1. The Morgan fingerprint density at radius 3 is 2.81 bits per heavy atom. The van der Waals surface area contributed by atoms with Crippen LogP contribution in [-0.4, -0.2) is 25.0 Å². The van der Waals surface area contributed by atoms with Crippen LogP contribution in [0.25, 0.3) is 0 Å². The molecule has 1 heterocycles. The van der Waals surface area contributed by atoms with E-state index in [9.17, 15) is 4.79 Å². The number of rotatable bonds is 4. The number of fused-ring (bicyclic) bond motifs is 1. The van der Waals surface area contributed by atoms with Crippen LogP contribution in [0.3, 0.4) is 0 Å². The summed E-state index contributed by atoms with van der Waals surface area (Å²) in [6, 6.07) is 8.44. The number of carbonyl (C=O) groups is 1. The molecule has 2 unspecified atom stereocenters. The number of anilines is 1.